The van der Waals surface area contributed by atoms with E-state index in [1.807, 2.05) is 0 Å². The van der Waals surface area contributed by atoms with E-state index in [0.717, 1.165) is 0 Å². The predicted molar refractivity (Wildman–Crippen MR) is 64.6 cm³/mol. The monoisotopic (exact) mass is 247 g/mol. The molecule has 0 saturated carbocycles. The van der Waals surface area contributed by atoms with Crippen molar-refractivity contribution >= 4 is 23.4 Å². The SMILES string of the molecule is NC(=O)c1ccc(N2CC(C(N)=O)CC2=O)cc1. The zero-order valence-corrected chi connectivity index (χ0v) is 9.63. The van der Waals surface area contributed by atoms with Crippen molar-refractivity contribution in [3.63, 3.8) is 0 Å². The average molecular weight is 247 g/mol. The molecule has 1 aliphatic rings. The van der Waals surface area contributed by atoms with E-state index in [2.05, 4.69) is 0 Å². The molecule has 0 spiro atoms. The molecule has 0 bridgehead atoms. The van der Waals surface area contributed by atoms with Crippen molar-refractivity contribution < 1.29 is 14.4 Å². The van der Waals surface area contributed by atoms with E-state index >= 15 is 0 Å². The summed E-state index contributed by atoms with van der Waals surface area (Å²) in [6, 6.07) is 6.34. The molecular weight excluding hydrogens is 234 g/mol. The number of carbonyl (C=O) groups is 3. The van der Waals surface area contributed by atoms with Crippen LogP contribution in [0.4, 0.5) is 5.69 Å². The van der Waals surface area contributed by atoms with Crippen LogP contribution in [0.3, 0.4) is 0 Å². The Morgan fingerprint density at radius 2 is 1.78 bits per heavy atom. The van der Waals surface area contributed by atoms with Crippen molar-refractivity contribution in [2.24, 2.45) is 17.4 Å². The highest BCUT2D eigenvalue weighted by Gasteiger charge is 2.33. The van der Waals surface area contributed by atoms with Gasteiger partial charge in [-0.25, -0.2) is 0 Å². The average Bonchev–Trinajstić information content (AvgIpc) is 2.71. The first kappa shape index (κ1) is 12.1. The molecule has 1 unspecified atom stereocenters. The third-order valence-electron chi connectivity index (χ3n) is 2.99. The number of carbonyl (C=O) groups excluding carboxylic acids is 3. The summed E-state index contributed by atoms with van der Waals surface area (Å²) in [5, 5.41) is 0. The lowest BCUT2D eigenvalue weighted by molar-refractivity contribution is -0.123. The highest BCUT2D eigenvalue weighted by atomic mass is 16.2. The molecule has 1 atom stereocenters. The first-order valence-electron chi connectivity index (χ1n) is 5.48. The van der Waals surface area contributed by atoms with Crippen LogP contribution >= 0.6 is 0 Å². The van der Waals surface area contributed by atoms with Gasteiger partial charge in [-0.15, -0.1) is 0 Å². The van der Waals surface area contributed by atoms with Crippen LogP contribution in [0.1, 0.15) is 16.8 Å². The number of nitrogens with zero attached hydrogens (tertiary/aromatic N) is 1. The fourth-order valence-corrected chi connectivity index (χ4v) is 1.95. The highest BCUT2D eigenvalue weighted by Crippen LogP contribution is 2.25. The van der Waals surface area contributed by atoms with Gasteiger partial charge in [0.2, 0.25) is 17.7 Å². The summed E-state index contributed by atoms with van der Waals surface area (Å²) < 4.78 is 0. The second kappa shape index (κ2) is 4.48. The highest BCUT2D eigenvalue weighted by molar-refractivity contribution is 6.00. The fraction of sp³-hybridized carbons (Fsp3) is 0.250. The summed E-state index contributed by atoms with van der Waals surface area (Å²) in [5.41, 5.74) is 11.3. The van der Waals surface area contributed by atoms with Crippen molar-refractivity contribution in [1.29, 1.82) is 0 Å². The van der Waals surface area contributed by atoms with Gasteiger partial charge in [0.25, 0.3) is 0 Å². The van der Waals surface area contributed by atoms with Gasteiger partial charge < -0.3 is 16.4 Å². The Kier molecular flexibility index (Phi) is 3.01. The van der Waals surface area contributed by atoms with Crippen LogP contribution in [-0.2, 0) is 9.59 Å². The summed E-state index contributed by atoms with van der Waals surface area (Å²) in [6.45, 7) is 0.282. The van der Waals surface area contributed by atoms with E-state index in [1.54, 1.807) is 24.3 Å². The second-order valence-electron chi connectivity index (χ2n) is 4.22. The van der Waals surface area contributed by atoms with Crippen LogP contribution in [0.2, 0.25) is 0 Å². The second-order valence-corrected chi connectivity index (χ2v) is 4.22. The molecule has 0 aliphatic carbocycles. The number of hydrogen-bond donors (Lipinski definition) is 2. The van der Waals surface area contributed by atoms with Crippen LogP contribution in [0.25, 0.3) is 0 Å². The predicted octanol–water partition coefficient (Wildman–Crippen LogP) is -0.376. The van der Waals surface area contributed by atoms with Gasteiger partial charge >= 0.3 is 0 Å². The third kappa shape index (κ3) is 2.17. The minimum absolute atomic E-state index is 0.132. The lowest BCUT2D eigenvalue weighted by atomic mass is 10.1. The lowest BCUT2D eigenvalue weighted by Crippen LogP contribution is -2.28. The number of rotatable bonds is 3. The molecule has 3 amide bonds. The van der Waals surface area contributed by atoms with E-state index in [0.29, 0.717) is 11.3 Å². The normalized spacial score (nSPS) is 19.0. The number of amides is 3. The molecule has 6 nitrogen and oxygen atoms in total. The lowest BCUT2D eigenvalue weighted by Gasteiger charge is -2.16. The van der Waals surface area contributed by atoms with Gasteiger partial charge in [-0.2, -0.15) is 0 Å². The number of anilines is 1. The molecule has 4 N–H and O–H groups in total. The largest absolute Gasteiger partial charge is 0.369 e. The van der Waals surface area contributed by atoms with E-state index in [9.17, 15) is 14.4 Å². The zero-order chi connectivity index (χ0) is 13.3. The molecule has 0 aromatic heterocycles. The van der Waals surface area contributed by atoms with Crippen LogP contribution in [0.5, 0.6) is 0 Å². The van der Waals surface area contributed by atoms with E-state index in [-0.39, 0.29) is 18.9 Å². The van der Waals surface area contributed by atoms with Crippen molar-refractivity contribution in [3.8, 4) is 0 Å². The summed E-state index contributed by atoms with van der Waals surface area (Å²) >= 11 is 0. The van der Waals surface area contributed by atoms with Crippen LogP contribution in [0.15, 0.2) is 24.3 Å². The summed E-state index contributed by atoms with van der Waals surface area (Å²) in [4.78, 5) is 35.2. The Morgan fingerprint density at radius 3 is 2.22 bits per heavy atom. The quantitative estimate of drug-likeness (QED) is 0.760. The Hall–Kier alpha value is -2.37. The molecule has 6 heteroatoms. The van der Waals surface area contributed by atoms with Gasteiger partial charge in [-0.1, -0.05) is 0 Å². The van der Waals surface area contributed by atoms with E-state index in [4.69, 9.17) is 11.5 Å². The fourth-order valence-electron chi connectivity index (χ4n) is 1.95. The standard InChI is InChI=1S/C12H13N3O3/c13-11(17)7-1-3-9(4-2-7)15-6-8(12(14)18)5-10(15)16/h1-4,8H,5-6H2,(H2,13,17)(H2,14,18). The van der Waals surface area contributed by atoms with Gasteiger partial charge in [-0.05, 0) is 24.3 Å². The summed E-state index contributed by atoms with van der Waals surface area (Å²) in [6.07, 6.45) is 0.132. The Balaban J connectivity index is 2.19. The number of nitrogens with two attached hydrogens (primary N) is 2. The Morgan fingerprint density at radius 1 is 1.17 bits per heavy atom. The molecular formula is C12H13N3O3. The van der Waals surface area contributed by atoms with Crippen molar-refractivity contribution in [3.05, 3.63) is 29.8 Å². The molecule has 1 aliphatic heterocycles. The zero-order valence-electron chi connectivity index (χ0n) is 9.63. The summed E-state index contributed by atoms with van der Waals surface area (Å²) in [5.74, 6) is -1.59. The topological polar surface area (TPSA) is 106 Å². The molecule has 2 rings (SSSR count). The Bertz CT molecular complexity index is 510. The smallest absolute Gasteiger partial charge is 0.248 e. The molecule has 1 heterocycles. The maximum Gasteiger partial charge on any atom is 0.248 e. The van der Waals surface area contributed by atoms with Crippen molar-refractivity contribution in [2.75, 3.05) is 11.4 Å². The number of benzene rings is 1. The Labute approximate surface area is 104 Å². The molecule has 1 aromatic carbocycles. The molecule has 1 aromatic rings. The first-order chi connectivity index (χ1) is 8.49. The number of primary amides is 2. The van der Waals surface area contributed by atoms with E-state index in [1.165, 1.54) is 4.90 Å². The molecule has 94 valence electrons. The van der Waals surface area contributed by atoms with Crippen LogP contribution in [-0.4, -0.2) is 24.3 Å². The minimum atomic E-state index is -0.524. The molecule has 18 heavy (non-hydrogen) atoms. The van der Waals surface area contributed by atoms with Crippen LogP contribution < -0.4 is 16.4 Å². The molecule has 1 fully saturated rings. The maximum absolute atomic E-state index is 11.7. The van der Waals surface area contributed by atoms with Gasteiger partial charge in [0.15, 0.2) is 0 Å². The van der Waals surface area contributed by atoms with Crippen molar-refractivity contribution in [2.45, 2.75) is 6.42 Å². The van der Waals surface area contributed by atoms with Crippen LogP contribution in [0, 0.1) is 5.92 Å². The molecule has 0 radical (unpaired) electrons. The van der Waals surface area contributed by atoms with Gasteiger partial charge in [0, 0.05) is 24.2 Å². The third-order valence-corrected chi connectivity index (χ3v) is 2.99. The van der Waals surface area contributed by atoms with Crippen molar-refractivity contribution in [1.82, 2.24) is 0 Å². The van der Waals surface area contributed by atoms with E-state index < -0.39 is 17.7 Å². The molecule has 1 saturated heterocycles. The number of hydrogen-bond acceptors (Lipinski definition) is 3. The van der Waals surface area contributed by atoms with Gasteiger partial charge in [-0.3, -0.25) is 14.4 Å². The maximum atomic E-state index is 11.7. The van der Waals surface area contributed by atoms with Gasteiger partial charge in [0.05, 0.1) is 5.92 Å². The minimum Gasteiger partial charge on any atom is -0.369 e. The summed E-state index contributed by atoms with van der Waals surface area (Å²) in [7, 11) is 0. The van der Waals surface area contributed by atoms with Gasteiger partial charge in [0.1, 0.15) is 0 Å². The first-order valence-corrected chi connectivity index (χ1v) is 5.48.